The number of hydrogen-bond donors (Lipinski definition) is 0. The molecule has 2 aromatic rings. The maximum atomic E-state index is 13.3. The second kappa shape index (κ2) is 7.96. The van der Waals surface area contributed by atoms with E-state index in [-0.39, 0.29) is 17.6 Å². The molecule has 6 nitrogen and oxygen atoms in total. The number of carbonyl (C=O) groups is 1. The van der Waals surface area contributed by atoms with Crippen LogP contribution in [0.1, 0.15) is 37.9 Å². The third-order valence-electron chi connectivity index (χ3n) is 3.89. The molecular weight excluding hydrogens is 369 g/mol. The molecule has 0 saturated carbocycles. The fourth-order valence-electron chi connectivity index (χ4n) is 2.40. The van der Waals surface area contributed by atoms with Gasteiger partial charge in [-0.1, -0.05) is 13.8 Å². The van der Waals surface area contributed by atoms with E-state index in [9.17, 15) is 17.6 Å². The minimum Gasteiger partial charge on any atom is -0.295 e. The molecule has 0 spiro atoms. The van der Waals surface area contributed by atoms with E-state index in [1.54, 1.807) is 18.2 Å². The molecule has 2 rings (SSSR count). The van der Waals surface area contributed by atoms with Crippen LogP contribution in [0.15, 0.2) is 30.3 Å². The van der Waals surface area contributed by atoms with Crippen molar-refractivity contribution in [3.05, 3.63) is 47.4 Å². The Balaban J connectivity index is 2.84. The smallest absolute Gasteiger partial charge is 0.239 e. The number of hydrogen-bond acceptors (Lipinski definition) is 5. The van der Waals surface area contributed by atoms with Gasteiger partial charge in [0.1, 0.15) is 5.82 Å². The molecule has 1 aromatic carbocycles. The molecule has 0 saturated heterocycles. The zero-order chi connectivity index (χ0) is 20.4. The van der Waals surface area contributed by atoms with E-state index in [4.69, 9.17) is 0 Å². The molecule has 0 bridgehead atoms. The number of sulfonamides is 1. The lowest BCUT2D eigenvalue weighted by Gasteiger charge is -2.20. The quantitative estimate of drug-likeness (QED) is 0.705. The second-order valence-electron chi connectivity index (χ2n) is 6.51. The molecule has 0 aliphatic rings. The predicted octanol–water partition coefficient (Wildman–Crippen LogP) is 3.40. The molecule has 0 radical (unpaired) electrons. The van der Waals surface area contributed by atoms with Crippen molar-refractivity contribution in [3.8, 4) is 11.3 Å². The molecule has 0 unspecified atom stereocenters. The first-order valence-electron chi connectivity index (χ1n) is 8.31. The van der Waals surface area contributed by atoms with Crippen molar-refractivity contribution in [2.24, 2.45) is 0 Å². The van der Waals surface area contributed by atoms with E-state index < -0.39 is 15.8 Å². The van der Waals surface area contributed by atoms with Crippen LogP contribution in [0.5, 0.6) is 0 Å². The van der Waals surface area contributed by atoms with E-state index in [2.05, 4.69) is 9.97 Å². The molecule has 1 heterocycles. The first-order chi connectivity index (χ1) is 12.5. The van der Waals surface area contributed by atoms with Crippen molar-refractivity contribution in [3.63, 3.8) is 0 Å². The number of anilines is 1. The van der Waals surface area contributed by atoms with Gasteiger partial charge in [-0.3, -0.25) is 4.79 Å². The van der Waals surface area contributed by atoms with Gasteiger partial charge in [0.25, 0.3) is 0 Å². The summed E-state index contributed by atoms with van der Waals surface area (Å²) in [6.07, 6.45) is 4.07. The number of ketones is 1. The number of halogens is 1. The molecule has 0 atom stereocenters. The van der Waals surface area contributed by atoms with Crippen molar-refractivity contribution in [2.75, 3.05) is 17.6 Å². The van der Waals surface area contributed by atoms with Gasteiger partial charge < -0.3 is 0 Å². The standard InChI is InChI=1S/C19H22FN3O3S/c1-12(2)17-16(11-6-13(3)24)18(14-7-9-15(20)10-8-14)22-19(21-17)23(4)27(5,25)26/h6-12H,1-5H3. The van der Waals surface area contributed by atoms with Gasteiger partial charge in [-0.05, 0) is 49.3 Å². The van der Waals surface area contributed by atoms with Crippen LogP contribution < -0.4 is 4.31 Å². The van der Waals surface area contributed by atoms with E-state index in [1.165, 1.54) is 32.2 Å². The number of carbonyl (C=O) groups excluding carboxylic acids is 1. The fourth-order valence-corrected chi connectivity index (χ4v) is 2.77. The summed E-state index contributed by atoms with van der Waals surface area (Å²) >= 11 is 0. The van der Waals surface area contributed by atoms with Gasteiger partial charge in [-0.25, -0.2) is 27.1 Å². The Morgan fingerprint density at radius 3 is 2.26 bits per heavy atom. The summed E-state index contributed by atoms with van der Waals surface area (Å²) < 4.78 is 38.2. The maximum Gasteiger partial charge on any atom is 0.239 e. The van der Waals surface area contributed by atoms with Crippen molar-refractivity contribution in [1.29, 1.82) is 0 Å². The number of rotatable bonds is 6. The summed E-state index contributed by atoms with van der Waals surface area (Å²) in [4.78, 5) is 20.3. The monoisotopic (exact) mass is 391 g/mol. The van der Waals surface area contributed by atoms with Gasteiger partial charge in [-0.15, -0.1) is 0 Å². The number of benzene rings is 1. The molecule has 0 amide bonds. The average Bonchev–Trinajstić information content (AvgIpc) is 2.58. The van der Waals surface area contributed by atoms with Crippen LogP contribution in [-0.4, -0.2) is 37.5 Å². The number of nitrogens with zero attached hydrogens (tertiary/aromatic N) is 3. The Kier molecular flexibility index (Phi) is 6.10. The summed E-state index contributed by atoms with van der Waals surface area (Å²) in [5.41, 5.74) is 2.20. The lowest BCUT2D eigenvalue weighted by molar-refractivity contribution is -0.112. The molecule has 1 aromatic heterocycles. The highest BCUT2D eigenvalue weighted by Crippen LogP contribution is 2.31. The highest BCUT2D eigenvalue weighted by atomic mass is 32.2. The van der Waals surface area contributed by atoms with Crippen LogP contribution in [0.2, 0.25) is 0 Å². The molecule has 0 fully saturated rings. The van der Waals surface area contributed by atoms with Gasteiger partial charge in [0.15, 0.2) is 5.78 Å². The summed E-state index contributed by atoms with van der Waals surface area (Å²) in [7, 11) is -2.20. The molecule has 144 valence electrons. The average molecular weight is 391 g/mol. The Bertz CT molecular complexity index is 984. The van der Waals surface area contributed by atoms with E-state index in [0.717, 1.165) is 10.6 Å². The Labute approximate surface area is 158 Å². The largest absolute Gasteiger partial charge is 0.295 e. The minimum atomic E-state index is -3.57. The minimum absolute atomic E-state index is 0.0144. The Morgan fingerprint density at radius 1 is 1.19 bits per heavy atom. The van der Waals surface area contributed by atoms with Crippen LogP contribution in [0.25, 0.3) is 17.3 Å². The molecule has 8 heteroatoms. The van der Waals surface area contributed by atoms with Crippen molar-refractivity contribution < 1.29 is 17.6 Å². The van der Waals surface area contributed by atoms with Gasteiger partial charge >= 0.3 is 0 Å². The Hall–Kier alpha value is -2.61. The predicted molar refractivity (Wildman–Crippen MR) is 104 cm³/mol. The third kappa shape index (κ3) is 4.97. The highest BCUT2D eigenvalue weighted by molar-refractivity contribution is 7.92. The zero-order valence-corrected chi connectivity index (χ0v) is 16.7. The van der Waals surface area contributed by atoms with Crippen LogP contribution in [-0.2, 0) is 14.8 Å². The molecular formula is C19H22FN3O3S. The van der Waals surface area contributed by atoms with Gasteiger partial charge in [-0.2, -0.15) is 0 Å². The van der Waals surface area contributed by atoms with Crippen molar-refractivity contribution >= 4 is 27.8 Å². The summed E-state index contributed by atoms with van der Waals surface area (Å²) in [6, 6.07) is 5.70. The SMILES string of the molecule is CC(=O)C=Cc1c(-c2ccc(F)cc2)nc(N(C)S(C)(=O)=O)nc1C(C)C. The fraction of sp³-hybridized carbons (Fsp3) is 0.316. The van der Waals surface area contributed by atoms with Crippen LogP contribution in [0.4, 0.5) is 10.3 Å². The zero-order valence-electron chi connectivity index (χ0n) is 15.9. The summed E-state index contributed by atoms with van der Waals surface area (Å²) in [5.74, 6) is -0.593. The van der Waals surface area contributed by atoms with Gasteiger partial charge in [0, 0.05) is 18.2 Å². The van der Waals surface area contributed by atoms with E-state index >= 15 is 0 Å². The lowest BCUT2D eigenvalue weighted by atomic mass is 9.98. The maximum absolute atomic E-state index is 13.3. The normalized spacial score (nSPS) is 12.0. The first kappa shape index (κ1) is 20.7. The van der Waals surface area contributed by atoms with E-state index in [0.29, 0.717) is 22.5 Å². The van der Waals surface area contributed by atoms with Crippen LogP contribution >= 0.6 is 0 Å². The van der Waals surface area contributed by atoms with Crippen molar-refractivity contribution in [2.45, 2.75) is 26.7 Å². The molecule has 0 aliphatic carbocycles. The highest BCUT2D eigenvalue weighted by Gasteiger charge is 2.22. The van der Waals surface area contributed by atoms with Gasteiger partial charge in [0.2, 0.25) is 16.0 Å². The molecule has 0 aliphatic heterocycles. The van der Waals surface area contributed by atoms with Crippen LogP contribution in [0.3, 0.4) is 0 Å². The topological polar surface area (TPSA) is 80.2 Å². The van der Waals surface area contributed by atoms with E-state index in [1.807, 2.05) is 13.8 Å². The van der Waals surface area contributed by atoms with Crippen molar-refractivity contribution in [1.82, 2.24) is 9.97 Å². The molecule has 27 heavy (non-hydrogen) atoms. The van der Waals surface area contributed by atoms with Gasteiger partial charge in [0.05, 0.1) is 17.6 Å². The Morgan fingerprint density at radius 2 is 1.78 bits per heavy atom. The number of allylic oxidation sites excluding steroid dienone is 1. The van der Waals surface area contributed by atoms with Crippen LogP contribution in [0, 0.1) is 5.82 Å². The lowest BCUT2D eigenvalue weighted by Crippen LogP contribution is -2.27. The third-order valence-corrected chi connectivity index (χ3v) is 5.05. The first-order valence-corrected chi connectivity index (χ1v) is 10.2. The summed E-state index contributed by atoms with van der Waals surface area (Å²) in [6.45, 7) is 5.24. The summed E-state index contributed by atoms with van der Waals surface area (Å²) in [5, 5.41) is 0. The number of aromatic nitrogens is 2. The second-order valence-corrected chi connectivity index (χ2v) is 8.52. The molecule has 0 N–H and O–H groups in total.